The number of hydrogen-bond donors (Lipinski definition) is 2. The van der Waals surface area contributed by atoms with Crippen LogP contribution < -0.4 is 10.6 Å². The maximum Gasteiger partial charge on any atom is 0.253 e. The van der Waals surface area contributed by atoms with E-state index < -0.39 is 6.10 Å². The smallest absolute Gasteiger partial charge is 0.253 e. The molecule has 2 heterocycles. The molecular weight excluding hydrogens is 342 g/mol. The van der Waals surface area contributed by atoms with Crippen molar-refractivity contribution in [1.29, 1.82) is 0 Å². The Balaban J connectivity index is 0.00000225. The Hall–Kier alpha value is -1.63. The topological polar surface area (TPSA) is 70.7 Å². The first-order valence-corrected chi connectivity index (χ1v) is 8.62. The van der Waals surface area contributed by atoms with Gasteiger partial charge in [-0.15, -0.1) is 12.4 Å². The summed E-state index contributed by atoms with van der Waals surface area (Å²) >= 11 is 0. The van der Waals surface area contributed by atoms with Crippen molar-refractivity contribution in [3.63, 3.8) is 0 Å². The molecule has 0 spiro atoms. The van der Waals surface area contributed by atoms with E-state index in [0.717, 1.165) is 30.5 Å². The van der Waals surface area contributed by atoms with Crippen molar-refractivity contribution in [2.24, 2.45) is 0 Å². The number of nitrogens with zero attached hydrogens (tertiary/aromatic N) is 1. The second kappa shape index (κ2) is 9.17. The predicted octanol–water partition coefficient (Wildman–Crippen LogP) is 1.13. The van der Waals surface area contributed by atoms with Gasteiger partial charge in [0.25, 0.3) is 11.8 Å². The van der Waals surface area contributed by atoms with Crippen LogP contribution in [0.15, 0.2) is 24.3 Å². The van der Waals surface area contributed by atoms with Gasteiger partial charge in [0, 0.05) is 37.8 Å². The number of ether oxygens (including phenoxy) is 1. The molecule has 2 aliphatic rings. The quantitative estimate of drug-likeness (QED) is 0.840. The molecule has 6 nitrogen and oxygen atoms in total. The van der Waals surface area contributed by atoms with Crippen molar-refractivity contribution < 1.29 is 14.3 Å². The zero-order chi connectivity index (χ0) is 16.9. The van der Waals surface area contributed by atoms with Crippen LogP contribution in [-0.4, -0.2) is 61.6 Å². The Morgan fingerprint density at radius 3 is 2.48 bits per heavy atom. The van der Waals surface area contributed by atoms with E-state index in [1.165, 1.54) is 0 Å². The van der Waals surface area contributed by atoms with Gasteiger partial charge in [0.05, 0.1) is 6.61 Å². The van der Waals surface area contributed by atoms with E-state index in [2.05, 4.69) is 10.6 Å². The molecule has 7 heteroatoms. The summed E-state index contributed by atoms with van der Waals surface area (Å²) in [5.74, 6) is 0.0186. The average Bonchev–Trinajstić information content (AvgIpc) is 2.63. The molecule has 2 amide bonds. The fraction of sp³-hybridized carbons (Fsp3) is 0.556. The molecular formula is C18H26ClN3O3. The van der Waals surface area contributed by atoms with Gasteiger partial charge in [-0.1, -0.05) is 17.7 Å². The molecule has 2 fully saturated rings. The standard InChI is InChI=1S/C18H25N3O3.ClH/c1-13-2-4-14(5-3-13)18(23)21-9-6-15(7-10-21)20-17(22)16-12-19-8-11-24-16;/h2-5,15-16,19H,6-12H2,1H3,(H,20,22);1H. The van der Waals surface area contributed by atoms with E-state index in [4.69, 9.17) is 4.74 Å². The molecule has 1 aromatic carbocycles. The SMILES string of the molecule is Cc1ccc(C(=O)N2CCC(NC(=O)C3CNCCO3)CC2)cc1.Cl. The third-order valence-corrected chi connectivity index (χ3v) is 4.65. The van der Waals surface area contributed by atoms with Crippen LogP contribution in [0.1, 0.15) is 28.8 Å². The Bertz CT molecular complexity index is 580. The molecule has 138 valence electrons. The highest BCUT2D eigenvalue weighted by Gasteiger charge is 2.28. The lowest BCUT2D eigenvalue weighted by atomic mass is 10.0. The van der Waals surface area contributed by atoms with Gasteiger partial charge in [-0.3, -0.25) is 9.59 Å². The summed E-state index contributed by atoms with van der Waals surface area (Å²) in [4.78, 5) is 26.5. The fourth-order valence-corrected chi connectivity index (χ4v) is 3.13. The Morgan fingerprint density at radius 2 is 1.88 bits per heavy atom. The van der Waals surface area contributed by atoms with E-state index >= 15 is 0 Å². The number of morpholine rings is 1. The molecule has 2 saturated heterocycles. The van der Waals surface area contributed by atoms with Crippen LogP contribution in [0.25, 0.3) is 0 Å². The van der Waals surface area contributed by atoms with Gasteiger partial charge < -0.3 is 20.3 Å². The van der Waals surface area contributed by atoms with Gasteiger partial charge in [0.1, 0.15) is 6.10 Å². The van der Waals surface area contributed by atoms with Crippen molar-refractivity contribution in [1.82, 2.24) is 15.5 Å². The molecule has 2 N–H and O–H groups in total. The molecule has 2 aliphatic heterocycles. The molecule has 0 saturated carbocycles. The first-order chi connectivity index (χ1) is 11.6. The lowest BCUT2D eigenvalue weighted by Crippen LogP contribution is -2.53. The highest BCUT2D eigenvalue weighted by atomic mass is 35.5. The molecule has 3 rings (SSSR count). The monoisotopic (exact) mass is 367 g/mol. The van der Waals surface area contributed by atoms with E-state index in [1.807, 2.05) is 36.1 Å². The summed E-state index contributed by atoms with van der Waals surface area (Å²) in [6.45, 7) is 5.28. The minimum absolute atomic E-state index is 0. The summed E-state index contributed by atoms with van der Waals surface area (Å²) in [5, 5.41) is 6.21. The molecule has 25 heavy (non-hydrogen) atoms. The largest absolute Gasteiger partial charge is 0.366 e. The van der Waals surface area contributed by atoms with Crippen LogP contribution in [0.4, 0.5) is 0 Å². The molecule has 1 atom stereocenters. The van der Waals surface area contributed by atoms with Crippen LogP contribution in [0.2, 0.25) is 0 Å². The number of rotatable bonds is 3. The lowest BCUT2D eigenvalue weighted by molar-refractivity contribution is -0.135. The van der Waals surface area contributed by atoms with Crippen LogP contribution >= 0.6 is 12.4 Å². The van der Waals surface area contributed by atoms with E-state index in [-0.39, 0.29) is 30.3 Å². The maximum absolute atomic E-state index is 12.5. The summed E-state index contributed by atoms with van der Waals surface area (Å²) in [5.41, 5.74) is 1.87. The normalized spacial score (nSPS) is 21.3. The number of carbonyl (C=O) groups excluding carboxylic acids is 2. The number of carbonyl (C=O) groups is 2. The number of likely N-dealkylation sites (tertiary alicyclic amines) is 1. The van der Waals surface area contributed by atoms with Gasteiger partial charge >= 0.3 is 0 Å². The Kier molecular flexibility index (Phi) is 7.23. The zero-order valence-corrected chi connectivity index (χ0v) is 15.3. The van der Waals surface area contributed by atoms with Gasteiger partial charge in [0.2, 0.25) is 0 Å². The molecule has 0 radical (unpaired) electrons. The molecule has 1 aromatic rings. The van der Waals surface area contributed by atoms with Crippen molar-refractivity contribution in [2.75, 3.05) is 32.8 Å². The lowest BCUT2D eigenvalue weighted by Gasteiger charge is -2.33. The summed E-state index contributed by atoms with van der Waals surface area (Å²) < 4.78 is 5.47. The van der Waals surface area contributed by atoms with Gasteiger partial charge in [0.15, 0.2) is 0 Å². The number of amides is 2. The zero-order valence-electron chi connectivity index (χ0n) is 14.5. The van der Waals surface area contributed by atoms with Gasteiger partial charge in [-0.05, 0) is 31.9 Å². The van der Waals surface area contributed by atoms with E-state index in [1.54, 1.807) is 0 Å². The summed E-state index contributed by atoms with van der Waals surface area (Å²) in [6, 6.07) is 7.78. The van der Waals surface area contributed by atoms with Crippen LogP contribution in [-0.2, 0) is 9.53 Å². The van der Waals surface area contributed by atoms with Crippen LogP contribution in [0.3, 0.4) is 0 Å². The first kappa shape index (κ1) is 19.7. The highest BCUT2D eigenvalue weighted by molar-refractivity contribution is 5.94. The van der Waals surface area contributed by atoms with Gasteiger partial charge in [-0.25, -0.2) is 0 Å². The average molecular weight is 368 g/mol. The van der Waals surface area contributed by atoms with Crippen molar-refractivity contribution in [2.45, 2.75) is 31.9 Å². The second-order valence-corrected chi connectivity index (χ2v) is 6.50. The fourth-order valence-electron chi connectivity index (χ4n) is 3.13. The number of aryl methyl sites for hydroxylation is 1. The summed E-state index contributed by atoms with van der Waals surface area (Å²) in [7, 11) is 0. The van der Waals surface area contributed by atoms with E-state index in [9.17, 15) is 9.59 Å². The number of piperidine rings is 1. The highest BCUT2D eigenvalue weighted by Crippen LogP contribution is 2.15. The number of benzene rings is 1. The Morgan fingerprint density at radius 1 is 1.20 bits per heavy atom. The molecule has 0 aromatic heterocycles. The predicted molar refractivity (Wildman–Crippen MR) is 98.1 cm³/mol. The maximum atomic E-state index is 12.5. The Labute approximate surface area is 154 Å². The minimum atomic E-state index is -0.397. The molecule has 0 aliphatic carbocycles. The van der Waals surface area contributed by atoms with Crippen molar-refractivity contribution in [3.8, 4) is 0 Å². The van der Waals surface area contributed by atoms with E-state index in [0.29, 0.717) is 26.2 Å². The first-order valence-electron chi connectivity index (χ1n) is 8.62. The van der Waals surface area contributed by atoms with Crippen molar-refractivity contribution in [3.05, 3.63) is 35.4 Å². The third-order valence-electron chi connectivity index (χ3n) is 4.65. The number of hydrogen-bond acceptors (Lipinski definition) is 4. The summed E-state index contributed by atoms with van der Waals surface area (Å²) in [6.07, 6.45) is 1.17. The van der Waals surface area contributed by atoms with Gasteiger partial charge in [-0.2, -0.15) is 0 Å². The van der Waals surface area contributed by atoms with Crippen LogP contribution in [0, 0.1) is 6.92 Å². The molecule has 0 bridgehead atoms. The number of halogens is 1. The minimum Gasteiger partial charge on any atom is -0.366 e. The second-order valence-electron chi connectivity index (χ2n) is 6.50. The molecule has 1 unspecified atom stereocenters. The third kappa shape index (κ3) is 5.17. The van der Waals surface area contributed by atoms with Crippen LogP contribution in [0.5, 0.6) is 0 Å². The number of nitrogens with one attached hydrogen (secondary N) is 2. The van der Waals surface area contributed by atoms with Crippen molar-refractivity contribution >= 4 is 24.2 Å².